The molecule has 1 amide bonds. The fourth-order valence-corrected chi connectivity index (χ4v) is 3.08. The highest BCUT2D eigenvalue weighted by Gasteiger charge is 2.35. The number of amides is 1. The minimum absolute atomic E-state index is 0.156. The number of hydrogen-bond donors (Lipinski definition) is 0. The van der Waals surface area contributed by atoms with Gasteiger partial charge in [0.2, 0.25) is 0 Å². The van der Waals surface area contributed by atoms with E-state index in [-0.39, 0.29) is 37.9 Å². The summed E-state index contributed by atoms with van der Waals surface area (Å²) in [5, 5.41) is 0. The van der Waals surface area contributed by atoms with Crippen molar-refractivity contribution in [3.8, 4) is 0 Å². The van der Waals surface area contributed by atoms with Gasteiger partial charge in [-0.25, -0.2) is 4.79 Å². The van der Waals surface area contributed by atoms with E-state index in [1.165, 1.54) is 0 Å². The average Bonchev–Trinajstić information content (AvgIpc) is 2.94. The fraction of sp³-hybridized carbons (Fsp3) is 0.526. The molecule has 6 nitrogen and oxygen atoms in total. The average molecular weight is 347 g/mol. The van der Waals surface area contributed by atoms with Crippen LogP contribution in [0, 0.1) is 5.92 Å². The zero-order valence-corrected chi connectivity index (χ0v) is 14.8. The third kappa shape index (κ3) is 5.89. The number of rotatable bonds is 7. The Morgan fingerprint density at radius 2 is 1.88 bits per heavy atom. The van der Waals surface area contributed by atoms with Gasteiger partial charge in [0, 0.05) is 19.0 Å². The van der Waals surface area contributed by atoms with E-state index >= 15 is 0 Å². The van der Waals surface area contributed by atoms with Crippen LogP contribution in [-0.2, 0) is 25.7 Å². The van der Waals surface area contributed by atoms with Crippen molar-refractivity contribution in [1.82, 2.24) is 4.90 Å². The van der Waals surface area contributed by atoms with E-state index in [0.29, 0.717) is 12.5 Å². The Bertz CT molecular complexity index is 601. The highest BCUT2D eigenvalue weighted by molar-refractivity contribution is 5.96. The van der Waals surface area contributed by atoms with Gasteiger partial charge < -0.3 is 14.4 Å². The van der Waals surface area contributed by atoms with Crippen LogP contribution in [0.4, 0.5) is 4.79 Å². The van der Waals surface area contributed by atoms with Crippen LogP contribution >= 0.6 is 0 Å². The topological polar surface area (TPSA) is 72.9 Å². The summed E-state index contributed by atoms with van der Waals surface area (Å²) < 4.78 is 10.2. The fourth-order valence-electron chi connectivity index (χ4n) is 3.08. The maximum Gasteiger partial charge on any atom is 0.410 e. The van der Waals surface area contributed by atoms with Crippen molar-refractivity contribution in [2.45, 2.75) is 45.8 Å². The molecule has 1 heterocycles. The van der Waals surface area contributed by atoms with E-state index in [0.717, 1.165) is 12.0 Å². The van der Waals surface area contributed by atoms with Crippen LogP contribution in [0.3, 0.4) is 0 Å². The molecular weight excluding hydrogens is 322 g/mol. The lowest BCUT2D eigenvalue weighted by Gasteiger charge is -2.23. The van der Waals surface area contributed by atoms with E-state index in [1.807, 2.05) is 37.3 Å². The predicted octanol–water partition coefficient (Wildman–Crippen LogP) is 2.95. The SMILES string of the molecule is CCOC(=O)CC(=O)C[C@@H]1CC(C)CN1C(=O)OCc1ccccc1. The number of carbonyl (C=O) groups is 3. The van der Waals surface area contributed by atoms with Gasteiger partial charge in [0.1, 0.15) is 18.8 Å². The second-order valence-corrected chi connectivity index (χ2v) is 6.41. The molecule has 6 heteroatoms. The Morgan fingerprint density at radius 3 is 2.56 bits per heavy atom. The normalized spacial score (nSPS) is 19.5. The molecule has 0 saturated carbocycles. The van der Waals surface area contributed by atoms with Crippen LogP contribution in [0.1, 0.15) is 38.7 Å². The predicted molar refractivity (Wildman–Crippen MR) is 91.8 cm³/mol. The summed E-state index contributed by atoms with van der Waals surface area (Å²) in [6.45, 7) is 4.75. The maximum atomic E-state index is 12.4. The molecule has 1 aromatic rings. The molecule has 0 aromatic heterocycles. The summed E-state index contributed by atoms with van der Waals surface area (Å²) in [7, 11) is 0. The Labute approximate surface area is 148 Å². The molecule has 1 fully saturated rings. The Morgan fingerprint density at radius 1 is 1.16 bits per heavy atom. The van der Waals surface area contributed by atoms with Crippen molar-refractivity contribution in [2.24, 2.45) is 5.92 Å². The van der Waals surface area contributed by atoms with E-state index in [2.05, 4.69) is 0 Å². The Balaban J connectivity index is 1.88. The monoisotopic (exact) mass is 347 g/mol. The maximum absolute atomic E-state index is 12.4. The standard InChI is InChI=1S/C19H25NO5/c1-3-24-18(22)11-17(21)10-16-9-14(2)12-20(16)19(23)25-13-15-7-5-4-6-8-15/h4-8,14,16H,3,9-13H2,1-2H3/t14?,16-/m0/s1. The Kier molecular flexibility index (Phi) is 6.98. The number of benzene rings is 1. The van der Waals surface area contributed by atoms with Gasteiger partial charge in [0.05, 0.1) is 6.61 Å². The molecule has 0 aliphatic carbocycles. The van der Waals surface area contributed by atoms with Gasteiger partial charge in [-0.05, 0) is 24.8 Å². The van der Waals surface area contributed by atoms with Gasteiger partial charge in [-0.3, -0.25) is 9.59 Å². The molecule has 0 N–H and O–H groups in total. The first-order valence-corrected chi connectivity index (χ1v) is 8.64. The first-order valence-electron chi connectivity index (χ1n) is 8.64. The molecule has 136 valence electrons. The van der Waals surface area contributed by atoms with Crippen molar-refractivity contribution in [1.29, 1.82) is 0 Å². The van der Waals surface area contributed by atoms with E-state index in [9.17, 15) is 14.4 Å². The molecule has 1 aromatic carbocycles. The molecule has 0 spiro atoms. The summed E-state index contributed by atoms with van der Waals surface area (Å²) in [4.78, 5) is 37.5. The van der Waals surface area contributed by atoms with Gasteiger partial charge in [-0.15, -0.1) is 0 Å². The molecule has 1 unspecified atom stereocenters. The molecule has 0 radical (unpaired) electrons. The highest BCUT2D eigenvalue weighted by atomic mass is 16.6. The molecule has 1 aliphatic heterocycles. The number of hydrogen-bond acceptors (Lipinski definition) is 5. The third-order valence-corrected chi connectivity index (χ3v) is 4.17. The summed E-state index contributed by atoms with van der Waals surface area (Å²) in [6, 6.07) is 9.23. The van der Waals surface area contributed by atoms with Crippen molar-refractivity contribution in [3.63, 3.8) is 0 Å². The summed E-state index contributed by atoms with van der Waals surface area (Å²) >= 11 is 0. The molecule has 1 saturated heterocycles. The molecule has 2 rings (SSSR count). The summed E-state index contributed by atoms with van der Waals surface area (Å²) in [5.74, 6) is -0.431. The van der Waals surface area contributed by atoms with Crippen LogP contribution in [0.5, 0.6) is 0 Å². The third-order valence-electron chi connectivity index (χ3n) is 4.17. The van der Waals surface area contributed by atoms with E-state index in [1.54, 1.807) is 11.8 Å². The number of ketones is 1. The number of likely N-dealkylation sites (tertiary alicyclic amines) is 1. The number of ether oxygens (including phenoxy) is 2. The number of carbonyl (C=O) groups excluding carboxylic acids is 3. The van der Waals surface area contributed by atoms with Gasteiger partial charge in [0.15, 0.2) is 0 Å². The van der Waals surface area contributed by atoms with E-state index < -0.39 is 12.1 Å². The lowest BCUT2D eigenvalue weighted by molar-refractivity contribution is -0.145. The largest absolute Gasteiger partial charge is 0.466 e. The van der Waals surface area contributed by atoms with Crippen LogP contribution < -0.4 is 0 Å². The minimum atomic E-state index is -0.517. The smallest absolute Gasteiger partial charge is 0.410 e. The highest BCUT2D eigenvalue weighted by Crippen LogP contribution is 2.26. The first-order chi connectivity index (χ1) is 12.0. The zero-order chi connectivity index (χ0) is 18.2. The molecule has 1 aliphatic rings. The quantitative estimate of drug-likeness (QED) is 0.560. The minimum Gasteiger partial charge on any atom is -0.466 e. The lowest BCUT2D eigenvalue weighted by atomic mass is 10.0. The molecular formula is C19H25NO5. The number of nitrogens with zero attached hydrogens (tertiary/aromatic N) is 1. The van der Waals surface area contributed by atoms with Crippen LogP contribution in [0.15, 0.2) is 30.3 Å². The first kappa shape index (κ1) is 19.0. The lowest BCUT2D eigenvalue weighted by Crippen LogP contribution is -2.37. The molecule has 0 bridgehead atoms. The number of esters is 1. The summed E-state index contributed by atoms with van der Waals surface area (Å²) in [6.07, 6.45) is 0.228. The van der Waals surface area contributed by atoms with Crippen LogP contribution in [0.2, 0.25) is 0 Å². The zero-order valence-electron chi connectivity index (χ0n) is 14.8. The van der Waals surface area contributed by atoms with E-state index in [4.69, 9.17) is 9.47 Å². The van der Waals surface area contributed by atoms with Crippen molar-refractivity contribution >= 4 is 17.8 Å². The van der Waals surface area contributed by atoms with Crippen molar-refractivity contribution < 1.29 is 23.9 Å². The van der Waals surface area contributed by atoms with Crippen LogP contribution in [0.25, 0.3) is 0 Å². The van der Waals surface area contributed by atoms with Gasteiger partial charge in [-0.1, -0.05) is 37.3 Å². The van der Waals surface area contributed by atoms with Crippen LogP contribution in [-0.4, -0.2) is 41.9 Å². The van der Waals surface area contributed by atoms with Gasteiger partial charge in [-0.2, -0.15) is 0 Å². The van der Waals surface area contributed by atoms with Crippen molar-refractivity contribution in [3.05, 3.63) is 35.9 Å². The second-order valence-electron chi connectivity index (χ2n) is 6.41. The Hall–Kier alpha value is -2.37. The van der Waals surface area contributed by atoms with Crippen molar-refractivity contribution in [2.75, 3.05) is 13.2 Å². The second kappa shape index (κ2) is 9.20. The summed E-state index contributed by atoms with van der Waals surface area (Å²) in [5.41, 5.74) is 0.915. The number of Topliss-reactive ketones (excluding diaryl/α,β-unsaturated/α-hetero) is 1. The van der Waals surface area contributed by atoms with Gasteiger partial charge in [0.25, 0.3) is 0 Å². The molecule has 25 heavy (non-hydrogen) atoms. The molecule has 2 atom stereocenters. The van der Waals surface area contributed by atoms with Gasteiger partial charge >= 0.3 is 12.1 Å².